The molecule has 0 aliphatic rings. The normalized spacial score (nSPS) is 13.5. The highest BCUT2D eigenvalue weighted by Crippen LogP contribution is 2.47. The molecule has 0 atom stereocenters. The van der Waals surface area contributed by atoms with Gasteiger partial charge in [0, 0.05) is 18.1 Å². The number of carbonyl (C=O) groups excluding carboxylic acids is 2. The second kappa shape index (κ2) is 7.15. The van der Waals surface area contributed by atoms with Gasteiger partial charge in [0.05, 0.1) is 12.0 Å². The van der Waals surface area contributed by atoms with E-state index in [9.17, 15) is 40.3 Å². The maximum atomic E-state index is 13.1. The zero-order chi connectivity index (χ0) is 19.5. The topological polar surface area (TPSA) is 71.4 Å². The molecule has 25 heavy (non-hydrogen) atoms. The quantitative estimate of drug-likeness (QED) is 0.474. The predicted octanol–water partition coefficient (Wildman–Crippen LogP) is 2.98. The number of hydrogen-bond donors (Lipinski definition) is 1. The van der Waals surface area contributed by atoms with Crippen LogP contribution in [0, 0.1) is 0 Å². The fraction of sp³-hybridized carbons (Fsp3) is 0.385. The SMILES string of the molecule is CC(CC(=O)C(F)(F)C(F)(F)C(F)(F)F)=NNC(=O)c1cccnc1. The molecule has 0 bridgehead atoms. The van der Waals surface area contributed by atoms with Gasteiger partial charge in [0.15, 0.2) is 0 Å². The Labute approximate surface area is 135 Å². The van der Waals surface area contributed by atoms with Gasteiger partial charge in [-0.3, -0.25) is 14.6 Å². The molecule has 0 spiro atoms. The van der Waals surface area contributed by atoms with Crippen LogP contribution in [-0.4, -0.2) is 40.4 Å². The second-order valence-corrected chi connectivity index (χ2v) is 4.78. The van der Waals surface area contributed by atoms with Crippen molar-refractivity contribution < 1.29 is 40.3 Å². The number of hydrogen-bond acceptors (Lipinski definition) is 4. The summed E-state index contributed by atoms with van der Waals surface area (Å²) in [7, 11) is 0. The number of halogens is 7. The highest BCUT2D eigenvalue weighted by atomic mass is 19.4. The number of nitrogens with zero attached hydrogens (tertiary/aromatic N) is 2. The number of hydrazone groups is 1. The lowest BCUT2D eigenvalue weighted by atomic mass is 10.0. The van der Waals surface area contributed by atoms with E-state index in [1.165, 1.54) is 18.3 Å². The zero-order valence-corrected chi connectivity index (χ0v) is 12.4. The third-order valence-corrected chi connectivity index (χ3v) is 2.79. The van der Waals surface area contributed by atoms with E-state index in [2.05, 4.69) is 10.1 Å². The van der Waals surface area contributed by atoms with Crippen LogP contribution in [0.1, 0.15) is 23.7 Å². The highest BCUT2D eigenvalue weighted by Gasteiger charge is 2.75. The van der Waals surface area contributed by atoms with E-state index in [0.29, 0.717) is 0 Å². The molecule has 0 unspecified atom stereocenters. The molecule has 1 N–H and O–H groups in total. The maximum absolute atomic E-state index is 13.1. The Balaban J connectivity index is 2.80. The van der Waals surface area contributed by atoms with E-state index in [1.54, 1.807) is 0 Å². The molecule has 1 aromatic heterocycles. The number of Topliss-reactive ketones (excluding diaryl/α,β-unsaturated/α-hetero) is 1. The Morgan fingerprint density at radius 3 is 2.24 bits per heavy atom. The van der Waals surface area contributed by atoms with Crippen molar-refractivity contribution >= 4 is 17.4 Å². The van der Waals surface area contributed by atoms with Crippen LogP contribution in [-0.2, 0) is 4.79 Å². The minimum absolute atomic E-state index is 0.0133. The molecule has 12 heteroatoms. The molecule has 0 aliphatic carbocycles. The molecule has 0 saturated carbocycles. The number of aromatic nitrogens is 1. The third-order valence-electron chi connectivity index (χ3n) is 2.79. The molecule has 0 radical (unpaired) electrons. The zero-order valence-electron chi connectivity index (χ0n) is 12.4. The molecule has 0 aliphatic heterocycles. The Kier molecular flexibility index (Phi) is 5.87. The van der Waals surface area contributed by atoms with E-state index < -0.39 is 41.8 Å². The second-order valence-electron chi connectivity index (χ2n) is 4.78. The highest BCUT2D eigenvalue weighted by molar-refractivity contribution is 6.04. The van der Waals surface area contributed by atoms with Crippen LogP contribution in [0.3, 0.4) is 0 Å². The van der Waals surface area contributed by atoms with Crippen molar-refractivity contribution in [3.63, 3.8) is 0 Å². The van der Waals surface area contributed by atoms with Gasteiger partial charge in [-0.05, 0) is 19.1 Å². The molecule has 1 aromatic rings. The van der Waals surface area contributed by atoms with Gasteiger partial charge in [0.2, 0.25) is 5.78 Å². The molecular weight excluding hydrogens is 363 g/mol. The van der Waals surface area contributed by atoms with Gasteiger partial charge in [-0.2, -0.15) is 35.8 Å². The number of nitrogens with one attached hydrogen (secondary N) is 1. The first-order chi connectivity index (χ1) is 11.3. The molecule has 5 nitrogen and oxygen atoms in total. The Morgan fingerprint density at radius 2 is 1.76 bits per heavy atom. The monoisotopic (exact) mass is 373 g/mol. The lowest BCUT2D eigenvalue weighted by Gasteiger charge is -2.26. The molecule has 1 rings (SSSR count). The molecule has 138 valence electrons. The summed E-state index contributed by atoms with van der Waals surface area (Å²) in [4.78, 5) is 26.3. The Morgan fingerprint density at radius 1 is 1.16 bits per heavy atom. The number of alkyl halides is 7. The summed E-state index contributed by atoms with van der Waals surface area (Å²) < 4.78 is 87.7. The summed E-state index contributed by atoms with van der Waals surface area (Å²) in [5, 5.41) is 3.21. The Hall–Kier alpha value is -2.53. The van der Waals surface area contributed by atoms with Crippen molar-refractivity contribution in [3.05, 3.63) is 30.1 Å². The molecule has 0 aromatic carbocycles. The smallest absolute Gasteiger partial charge is 0.292 e. The third kappa shape index (κ3) is 4.51. The largest absolute Gasteiger partial charge is 0.460 e. The van der Waals surface area contributed by atoms with E-state index in [4.69, 9.17) is 0 Å². The number of rotatable bonds is 6. The van der Waals surface area contributed by atoms with Gasteiger partial charge in [0.25, 0.3) is 5.91 Å². The van der Waals surface area contributed by atoms with Crippen LogP contribution in [0.15, 0.2) is 29.6 Å². The average Bonchev–Trinajstić information content (AvgIpc) is 2.52. The molecule has 0 fully saturated rings. The van der Waals surface area contributed by atoms with E-state index in [-0.39, 0.29) is 5.56 Å². The summed E-state index contributed by atoms with van der Waals surface area (Å²) in [6, 6.07) is 2.71. The summed E-state index contributed by atoms with van der Waals surface area (Å²) in [6.07, 6.45) is -5.64. The van der Waals surface area contributed by atoms with Crippen LogP contribution in [0.4, 0.5) is 30.7 Å². The van der Waals surface area contributed by atoms with Crippen molar-refractivity contribution in [2.45, 2.75) is 31.4 Å². The minimum atomic E-state index is -6.61. The molecule has 1 amide bonds. The number of ketones is 1. The van der Waals surface area contributed by atoms with Gasteiger partial charge in [-0.15, -0.1) is 0 Å². The van der Waals surface area contributed by atoms with Crippen LogP contribution >= 0.6 is 0 Å². The Bertz CT molecular complexity index is 672. The van der Waals surface area contributed by atoms with Crippen LogP contribution in [0.5, 0.6) is 0 Å². The lowest BCUT2D eigenvalue weighted by Crippen LogP contribution is -2.56. The molecular formula is C13H10F7N3O2. The summed E-state index contributed by atoms with van der Waals surface area (Å²) in [6.45, 7) is 0.892. The van der Waals surface area contributed by atoms with Gasteiger partial charge >= 0.3 is 18.0 Å². The minimum Gasteiger partial charge on any atom is -0.292 e. The van der Waals surface area contributed by atoms with Crippen molar-refractivity contribution in [2.75, 3.05) is 0 Å². The van der Waals surface area contributed by atoms with Crippen molar-refractivity contribution in [2.24, 2.45) is 5.10 Å². The fourth-order valence-electron chi connectivity index (χ4n) is 1.44. The van der Waals surface area contributed by atoms with Crippen LogP contribution in [0.2, 0.25) is 0 Å². The van der Waals surface area contributed by atoms with E-state index in [1.807, 2.05) is 5.43 Å². The van der Waals surface area contributed by atoms with E-state index >= 15 is 0 Å². The van der Waals surface area contributed by atoms with Crippen molar-refractivity contribution in [3.8, 4) is 0 Å². The number of amides is 1. The van der Waals surface area contributed by atoms with E-state index in [0.717, 1.165) is 13.1 Å². The molecule has 0 saturated heterocycles. The standard InChI is InChI=1S/C13H10F7N3O2/c1-7(22-23-10(25)8-3-2-4-21-6-8)5-9(24)11(14,15)12(16,17)13(18,19)20/h2-4,6H,5H2,1H3,(H,23,25). The van der Waals surface area contributed by atoms with Gasteiger partial charge in [0.1, 0.15) is 0 Å². The lowest BCUT2D eigenvalue weighted by molar-refractivity contribution is -0.343. The summed E-state index contributed by atoms with van der Waals surface area (Å²) in [5.41, 5.74) is 1.24. The van der Waals surface area contributed by atoms with Crippen LogP contribution in [0.25, 0.3) is 0 Å². The first kappa shape index (κ1) is 20.5. The molecule has 1 heterocycles. The van der Waals surface area contributed by atoms with Crippen LogP contribution < -0.4 is 5.43 Å². The average molecular weight is 373 g/mol. The van der Waals surface area contributed by atoms with Crippen molar-refractivity contribution in [1.29, 1.82) is 0 Å². The maximum Gasteiger partial charge on any atom is 0.460 e. The number of pyridine rings is 1. The predicted molar refractivity (Wildman–Crippen MR) is 70.4 cm³/mol. The van der Waals surface area contributed by atoms with Crippen molar-refractivity contribution in [1.82, 2.24) is 10.4 Å². The number of carbonyl (C=O) groups is 2. The van der Waals surface area contributed by atoms with Gasteiger partial charge in [-0.1, -0.05) is 0 Å². The summed E-state index contributed by atoms with van der Waals surface area (Å²) in [5.74, 6) is -16.1. The van der Waals surface area contributed by atoms with Gasteiger partial charge < -0.3 is 0 Å². The fourth-order valence-corrected chi connectivity index (χ4v) is 1.44. The van der Waals surface area contributed by atoms with Gasteiger partial charge in [-0.25, -0.2) is 5.43 Å². The summed E-state index contributed by atoms with van der Waals surface area (Å²) >= 11 is 0. The first-order valence-corrected chi connectivity index (χ1v) is 6.40. The first-order valence-electron chi connectivity index (χ1n) is 6.40.